The standard InChI is InChI=1S/C12H17NS/c1-2-4-11(5-3-1)8-13-9-12-6-7-14-10-12/h1-5,12-13H,6-10H2. The summed E-state index contributed by atoms with van der Waals surface area (Å²) < 4.78 is 0. The molecule has 0 bridgehead atoms. The quantitative estimate of drug-likeness (QED) is 0.814. The van der Waals surface area contributed by atoms with Gasteiger partial charge in [-0.05, 0) is 36.0 Å². The highest BCUT2D eigenvalue weighted by atomic mass is 32.2. The van der Waals surface area contributed by atoms with Gasteiger partial charge in [0.05, 0.1) is 0 Å². The summed E-state index contributed by atoms with van der Waals surface area (Å²) in [4.78, 5) is 0. The smallest absolute Gasteiger partial charge is 0.0205 e. The van der Waals surface area contributed by atoms with Crippen LogP contribution in [-0.4, -0.2) is 18.1 Å². The van der Waals surface area contributed by atoms with Gasteiger partial charge in [0.1, 0.15) is 0 Å². The normalized spacial score (nSPS) is 21.3. The lowest BCUT2D eigenvalue weighted by Crippen LogP contribution is -2.22. The Labute approximate surface area is 90.3 Å². The number of nitrogens with one attached hydrogen (secondary N) is 1. The first-order valence-corrected chi connectivity index (χ1v) is 6.43. The molecule has 1 aromatic carbocycles. The summed E-state index contributed by atoms with van der Waals surface area (Å²) in [7, 11) is 0. The van der Waals surface area contributed by atoms with Crippen LogP contribution in [-0.2, 0) is 6.54 Å². The molecular formula is C12H17NS. The van der Waals surface area contributed by atoms with Gasteiger partial charge in [-0.25, -0.2) is 0 Å². The first-order chi connectivity index (χ1) is 6.95. The molecule has 1 aliphatic heterocycles. The van der Waals surface area contributed by atoms with E-state index < -0.39 is 0 Å². The maximum absolute atomic E-state index is 3.53. The predicted molar refractivity (Wildman–Crippen MR) is 63.6 cm³/mol. The first-order valence-electron chi connectivity index (χ1n) is 5.27. The van der Waals surface area contributed by atoms with E-state index in [1.807, 2.05) is 0 Å². The van der Waals surface area contributed by atoms with Crippen LogP contribution in [0, 0.1) is 5.92 Å². The number of benzene rings is 1. The van der Waals surface area contributed by atoms with E-state index in [0.29, 0.717) is 0 Å². The van der Waals surface area contributed by atoms with Crippen molar-refractivity contribution in [2.75, 3.05) is 18.1 Å². The lowest BCUT2D eigenvalue weighted by atomic mass is 10.1. The third kappa shape index (κ3) is 3.03. The van der Waals surface area contributed by atoms with Crippen molar-refractivity contribution in [1.82, 2.24) is 5.32 Å². The van der Waals surface area contributed by atoms with Crippen LogP contribution in [0.25, 0.3) is 0 Å². The summed E-state index contributed by atoms with van der Waals surface area (Å²) in [6.45, 7) is 2.20. The van der Waals surface area contributed by atoms with Crippen molar-refractivity contribution in [2.45, 2.75) is 13.0 Å². The van der Waals surface area contributed by atoms with Crippen molar-refractivity contribution in [2.24, 2.45) is 5.92 Å². The maximum Gasteiger partial charge on any atom is 0.0205 e. The lowest BCUT2D eigenvalue weighted by molar-refractivity contribution is 0.523. The van der Waals surface area contributed by atoms with Crippen LogP contribution in [0.1, 0.15) is 12.0 Å². The zero-order chi connectivity index (χ0) is 9.64. The van der Waals surface area contributed by atoms with Crippen molar-refractivity contribution in [3.8, 4) is 0 Å². The second kappa shape index (κ2) is 5.42. The van der Waals surface area contributed by atoms with Crippen LogP contribution in [0.5, 0.6) is 0 Å². The van der Waals surface area contributed by atoms with Gasteiger partial charge < -0.3 is 5.32 Å². The van der Waals surface area contributed by atoms with E-state index in [1.165, 1.54) is 30.0 Å². The second-order valence-corrected chi connectivity index (χ2v) is 5.00. The van der Waals surface area contributed by atoms with Crippen LogP contribution in [0.4, 0.5) is 0 Å². The SMILES string of the molecule is c1ccc(CNCC2CCSC2)cc1. The molecule has 0 aromatic heterocycles. The molecule has 0 amide bonds. The van der Waals surface area contributed by atoms with Gasteiger partial charge in [-0.3, -0.25) is 0 Å². The molecule has 1 aromatic rings. The fourth-order valence-corrected chi connectivity index (χ4v) is 3.05. The zero-order valence-corrected chi connectivity index (χ0v) is 9.22. The molecule has 1 N–H and O–H groups in total. The van der Waals surface area contributed by atoms with Gasteiger partial charge in [-0.15, -0.1) is 0 Å². The zero-order valence-electron chi connectivity index (χ0n) is 8.41. The van der Waals surface area contributed by atoms with E-state index in [9.17, 15) is 0 Å². The molecule has 1 atom stereocenters. The first kappa shape index (κ1) is 10.1. The molecule has 2 rings (SSSR count). The van der Waals surface area contributed by atoms with Gasteiger partial charge in [-0.1, -0.05) is 30.3 Å². The average Bonchev–Trinajstić information content (AvgIpc) is 2.72. The molecule has 0 saturated carbocycles. The van der Waals surface area contributed by atoms with E-state index in [2.05, 4.69) is 47.4 Å². The summed E-state index contributed by atoms with van der Waals surface area (Å²) in [5, 5.41) is 3.53. The van der Waals surface area contributed by atoms with Gasteiger partial charge in [0.25, 0.3) is 0 Å². The Hall–Kier alpha value is -0.470. The van der Waals surface area contributed by atoms with Crippen molar-refractivity contribution >= 4 is 11.8 Å². The minimum absolute atomic E-state index is 0.906. The van der Waals surface area contributed by atoms with Crippen molar-refractivity contribution in [1.29, 1.82) is 0 Å². The van der Waals surface area contributed by atoms with Crippen LogP contribution in [0.2, 0.25) is 0 Å². The Morgan fingerprint density at radius 1 is 1.29 bits per heavy atom. The topological polar surface area (TPSA) is 12.0 Å². The van der Waals surface area contributed by atoms with Gasteiger partial charge in [0, 0.05) is 6.54 Å². The summed E-state index contributed by atoms with van der Waals surface area (Å²) in [5.41, 5.74) is 1.39. The van der Waals surface area contributed by atoms with E-state index in [1.54, 1.807) is 0 Å². The number of thioether (sulfide) groups is 1. The molecule has 1 fully saturated rings. The summed E-state index contributed by atoms with van der Waals surface area (Å²) in [6.07, 6.45) is 1.40. The van der Waals surface area contributed by atoms with Gasteiger partial charge >= 0.3 is 0 Å². The van der Waals surface area contributed by atoms with Crippen LogP contribution >= 0.6 is 11.8 Å². The van der Waals surface area contributed by atoms with Crippen LogP contribution in [0.3, 0.4) is 0 Å². The molecule has 1 nitrogen and oxygen atoms in total. The molecular weight excluding hydrogens is 190 g/mol. The second-order valence-electron chi connectivity index (χ2n) is 3.85. The lowest BCUT2D eigenvalue weighted by Gasteiger charge is -2.09. The number of hydrogen-bond acceptors (Lipinski definition) is 2. The molecule has 0 aliphatic carbocycles. The highest BCUT2D eigenvalue weighted by Crippen LogP contribution is 2.22. The summed E-state index contributed by atoms with van der Waals surface area (Å²) in [6, 6.07) is 10.6. The fourth-order valence-electron chi connectivity index (χ4n) is 1.76. The van der Waals surface area contributed by atoms with Gasteiger partial charge in [-0.2, -0.15) is 11.8 Å². The van der Waals surface area contributed by atoms with E-state index in [4.69, 9.17) is 0 Å². The Morgan fingerprint density at radius 3 is 2.86 bits per heavy atom. The minimum Gasteiger partial charge on any atom is -0.312 e. The highest BCUT2D eigenvalue weighted by Gasteiger charge is 2.14. The molecule has 76 valence electrons. The molecule has 1 unspecified atom stereocenters. The molecule has 2 heteroatoms. The van der Waals surface area contributed by atoms with Crippen molar-refractivity contribution in [3.05, 3.63) is 35.9 Å². The van der Waals surface area contributed by atoms with Crippen molar-refractivity contribution < 1.29 is 0 Å². The third-order valence-electron chi connectivity index (χ3n) is 2.63. The molecule has 0 radical (unpaired) electrons. The molecule has 1 aliphatic rings. The highest BCUT2D eigenvalue weighted by molar-refractivity contribution is 7.99. The third-order valence-corrected chi connectivity index (χ3v) is 3.86. The Kier molecular flexibility index (Phi) is 3.90. The monoisotopic (exact) mass is 207 g/mol. The Morgan fingerprint density at radius 2 is 2.14 bits per heavy atom. The van der Waals surface area contributed by atoms with Crippen LogP contribution < -0.4 is 5.32 Å². The molecule has 1 heterocycles. The van der Waals surface area contributed by atoms with Gasteiger partial charge in [0.2, 0.25) is 0 Å². The predicted octanol–water partition coefficient (Wildman–Crippen LogP) is 2.53. The summed E-state index contributed by atoms with van der Waals surface area (Å²) >= 11 is 2.09. The Balaban J connectivity index is 1.67. The molecule has 14 heavy (non-hydrogen) atoms. The van der Waals surface area contributed by atoms with E-state index >= 15 is 0 Å². The fraction of sp³-hybridized carbons (Fsp3) is 0.500. The maximum atomic E-state index is 3.53. The van der Waals surface area contributed by atoms with E-state index in [0.717, 1.165) is 12.5 Å². The number of hydrogen-bond donors (Lipinski definition) is 1. The van der Waals surface area contributed by atoms with E-state index in [-0.39, 0.29) is 0 Å². The average molecular weight is 207 g/mol. The molecule has 0 spiro atoms. The summed E-state index contributed by atoms with van der Waals surface area (Å²) in [5.74, 6) is 3.61. The van der Waals surface area contributed by atoms with Crippen LogP contribution in [0.15, 0.2) is 30.3 Å². The number of rotatable bonds is 4. The Bertz CT molecular complexity index is 254. The van der Waals surface area contributed by atoms with Gasteiger partial charge in [0.15, 0.2) is 0 Å². The largest absolute Gasteiger partial charge is 0.312 e. The van der Waals surface area contributed by atoms with Crippen molar-refractivity contribution in [3.63, 3.8) is 0 Å². The molecule has 1 saturated heterocycles. The minimum atomic E-state index is 0.906.